The van der Waals surface area contributed by atoms with Crippen molar-refractivity contribution in [1.82, 2.24) is 0 Å². The zero-order valence-electron chi connectivity index (χ0n) is 13.7. The van der Waals surface area contributed by atoms with Crippen LogP contribution in [0.3, 0.4) is 0 Å². The molecule has 4 saturated carbocycles. The highest BCUT2D eigenvalue weighted by atomic mass is 32.1. The third kappa shape index (κ3) is 2.12. The van der Waals surface area contributed by atoms with Crippen LogP contribution >= 0.6 is 22.7 Å². The fourth-order valence-corrected chi connectivity index (χ4v) is 6.99. The molecular weight excluding hydrogens is 336 g/mol. The summed E-state index contributed by atoms with van der Waals surface area (Å²) in [6.45, 7) is 0. The van der Waals surface area contributed by atoms with E-state index in [1.807, 2.05) is 22.7 Å². The molecule has 0 spiro atoms. The monoisotopic (exact) mass is 358 g/mol. The van der Waals surface area contributed by atoms with Gasteiger partial charge in [-0.25, -0.2) is 0 Å². The Balaban J connectivity index is 1.58. The zero-order chi connectivity index (χ0) is 16.0. The maximum absolute atomic E-state index is 11.1. The van der Waals surface area contributed by atoms with Crippen molar-refractivity contribution in [2.45, 2.75) is 75.0 Å². The van der Waals surface area contributed by atoms with Crippen LogP contribution in [0.1, 0.15) is 94.5 Å². The molecule has 0 saturated heterocycles. The van der Waals surface area contributed by atoms with Crippen LogP contribution in [-0.2, 0) is 0 Å². The smallest absolute Gasteiger partial charge is 0.138 e. The van der Waals surface area contributed by atoms with Crippen molar-refractivity contribution in [3.63, 3.8) is 0 Å². The van der Waals surface area contributed by atoms with E-state index in [9.17, 15) is 10.2 Å². The van der Waals surface area contributed by atoms with E-state index in [1.165, 1.54) is 70.9 Å². The van der Waals surface area contributed by atoms with Crippen molar-refractivity contribution in [3.05, 3.63) is 19.5 Å². The molecule has 24 heavy (non-hydrogen) atoms. The second kappa shape index (κ2) is 4.79. The lowest BCUT2D eigenvalue weighted by molar-refractivity contribution is 0.465. The predicted octanol–water partition coefficient (Wildman–Crippen LogP) is 6.40. The molecule has 0 radical (unpaired) electrons. The fraction of sp³-hybridized carbons (Fsp3) is 0.600. The molecule has 126 valence electrons. The second-order valence-electron chi connectivity index (χ2n) is 8.21. The molecule has 2 heterocycles. The number of hydrogen-bond acceptors (Lipinski definition) is 4. The van der Waals surface area contributed by atoms with Crippen LogP contribution in [-0.4, -0.2) is 10.2 Å². The van der Waals surface area contributed by atoms with Gasteiger partial charge in [0.1, 0.15) is 11.5 Å². The number of aromatic hydroxyl groups is 2. The lowest BCUT2D eigenvalue weighted by Gasteiger charge is -2.07. The van der Waals surface area contributed by atoms with Gasteiger partial charge in [0.2, 0.25) is 0 Å². The topological polar surface area (TPSA) is 40.5 Å². The highest BCUT2D eigenvalue weighted by Crippen LogP contribution is 2.64. The molecule has 2 aromatic heterocycles. The number of rotatable bonds is 5. The maximum Gasteiger partial charge on any atom is 0.138 e. The van der Waals surface area contributed by atoms with E-state index >= 15 is 0 Å². The van der Waals surface area contributed by atoms with Gasteiger partial charge in [0.25, 0.3) is 0 Å². The first kappa shape index (κ1) is 14.2. The molecule has 0 aromatic carbocycles. The van der Waals surface area contributed by atoms with E-state index in [-0.39, 0.29) is 0 Å². The second-order valence-corrected chi connectivity index (χ2v) is 10.4. The van der Waals surface area contributed by atoms with Gasteiger partial charge in [-0.15, -0.1) is 22.7 Å². The van der Waals surface area contributed by atoms with Crippen molar-refractivity contribution in [2.75, 3.05) is 0 Å². The molecule has 4 aliphatic carbocycles. The summed E-state index contributed by atoms with van der Waals surface area (Å²) in [5, 5.41) is 22.1. The minimum absolute atomic E-state index is 0.516. The van der Waals surface area contributed by atoms with Crippen molar-refractivity contribution >= 4 is 22.7 Å². The van der Waals surface area contributed by atoms with E-state index in [1.54, 1.807) is 0 Å². The van der Waals surface area contributed by atoms with Gasteiger partial charge in [-0.2, -0.15) is 0 Å². The minimum atomic E-state index is 0.516. The van der Waals surface area contributed by atoms with Crippen LogP contribution in [0.5, 0.6) is 11.5 Å². The fourth-order valence-electron chi connectivity index (χ4n) is 3.91. The van der Waals surface area contributed by atoms with Gasteiger partial charge >= 0.3 is 0 Å². The zero-order valence-corrected chi connectivity index (χ0v) is 15.3. The third-order valence-electron chi connectivity index (χ3n) is 5.92. The Morgan fingerprint density at radius 3 is 1.08 bits per heavy atom. The van der Waals surface area contributed by atoms with Crippen molar-refractivity contribution in [3.8, 4) is 22.6 Å². The van der Waals surface area contributed by atoms with Crippen LogP contribution in [0.2, 0.25) is 0 Å². The summed E-state index contributed by atoms with van der Waals surface area (Å²) in [7, 11) is 0. The average molecular weight is 359 g/mol. The quantitative estimate of drug-likeness (QED) is 0.649. The Morgan fingerprint density at radius 2 is 0.792 bits per heavy atom. The molecule has 0 unspecified atom stereocenters. The summed E-state index contributed by atoms with van der Waals surface area (Å²) in [6, 6.07) is 0. The van der Waals surface area contributed by atoms with E-state index in [2.05, 4.69) is 0 Å². The van der Waals surface area contributed by atoms with Gasteiger partial charge < -0.3 is 10.2 Å². The van der Waals surface area contributed by atoms with Crippen LogP contribution < -0.4 is 0 Å². The number of hydrogen-bond donors (Lipinski definition) is 2. The molecule has 0 amide bonds. The van der Waals surface area contributed by atoms with Crippen molar-refractivity contribution < 1.29 is 10.2 Å². The Hall–Kier alpha value is -1.00. The lowest BCUT2D eigenvalue weighted by Crippen LogP contribution is -1.85. The highest BCUT2D eigenvalue weighted by molar-refractivity contribution is 7.14. The van der Waals surface area contributed by atoms with E-state index in [0.717, 1.165) is 11.1 Å². The Kier molecular flexibility index (Phi) is 2.83. The minimum Gasteiger partial charge on any atom is -0.506 e. The number of thiophene rings is 2. The summed E-state index contributed by atoms with van der Waals surface area (Å²) >= 11 is 3.70. The van der Waals surface area contributed by atoms with E-state index < -0.39 is 0 Å². The molecular formula is C20H22O2S2. The predicted molar refractivity (Wildman–Crippen MR) is 98.9 cm³/mol. The van der Waals surface area contributed by atoms with Gasteiger partial charge in [-0.3, -0.25) is 0 Å². The molecule has 4 fully saturated rings. The molecule has 2 aromatic rings. The highest BCUT2D eigenvalue weighted by Gasteiger charge is 2.42. The van der Waals surface area contributed by atoms with Crippen LogP contribution in [0, 0.1) is 0 Å². The first-order chi connectivity index (χ1) is 11.7. The van der Waals surface area contributed by atoms with Crippen LogP contribution in [0.15, 0.2) is 0 Å². The van der Waals surface area contributed by atoms with Gasteiger partial charge in [0, 0.05) is 20.9 Å². The summed E-state index contributed by atoms with van der Waals surface area (Å²) < 4.78 is 0. The third-order valence-corrected chi connectivity index (χ3v) is 8.92. The van der Waals surface area contributed by atoms with E-state index in [0.29, 0.717) is 35.2 Å². The summed E-state index contributed by atoms with van der Waals surface area (Å²) in [4.78, 5) is 5.14. The first-order valence-electron chi connectivity index (χ1n) is 9.43. The van der Waals surface area contributed by atoms with Gasteiger partial charge in [-0.1, -0.05) is 0 Å². The van der Waals surface area contributed by atoms with Gasteiger partial charge in [0.05, 0.1) is 9.75 Å². The van der Waals surface area contributed by atoms with E-state index in [4.69, 9.17) is 0 Å². The van der Waals surface area contributed by atoms with Gasteiger partial charge in [-0.05, 0) is 75.0 Å². The molecule has 0 atom stereocenters. The SMILES string of the molecule is Oc1c(C2CC2)sc(C2CC2)c1-c1c(C2CC2)sc(C2CC2)c1O. The van der Waals surface area contributed by atoms with Crippen LogP contribution in [0.25, 0.3) is 11.1 Å². The summed E-state index contributed by atoms with van der Waals surface area (Å²) in [5.74, 6) is 3.44. The normalized spacial score (nSPS) is 23.8. The van der Waals surface area contributed by atoms with Crippen LogP contribution in [0.4, 0.5) is 0 Å². The first-order valence-corrected chi connectivity index (χ1v) is 11.1. The lowest BCUT2D eigenvalue weighted by atomic mass is 9.99. The maximum atomic E-state index is 11.1. The summed E-state index contributed by atoms with van der Waals surface area (Å²) in [6.07, 6.45) is 9.86. The Morgan fingerprint density at radius 1 is 0.500 bits per heavy atom. The Bertz CT molecular complexity index is 760. The molecule has 6 rings (SSSR count). The largest absolute Gasteiger partial charge is 0.506 e. The van der Waals surface area contributed by atoms with Crippen molar-refractivity contribution in [2.24, 2.45) is 0 Å². The van der Waals surface area contributed by atoms with Gasteiger partial charge in [0.15, 0.2) is 0 Å². The molecule has 0 bridgehead atoms. The van der Waals surface area contributed by atoms with Crippen molar-refractivity contribution in [1.29, 1.82) is 0 Å². The average Bonchev–Trinajstić information content (AvgIpc) is 3.45. The molecule has 4 aliphatic rings. The molecule has 2 N–H and O–H groups in total. The summed E-state index contributed by atoms with van der Waals surface area (Å²) in [5.41, 5.74) is 2.07. The molecule has 4 heteroatoms. The molecule has 0 aliphatic heterocycles. The Labute approximate surface area is 150 Å². The molecule has 2 nitrogen and oxygen atoms in total. The standard InChI is InChI=1S/C20H22O2S2/c21-15-13(17(9-1-2-9)23-19(15)11-5-6-11)14-16(22)20(12-7-8-12)24-18(14)10-3-4-10/h9-12,21-22H,1-8H2.